The fourth-order valence-electron chi connectivity index (χ4n) is 0. The molecule has 0 saturated heterocycles. The number of aliphatic hydroxyl groups is 1. The molecule has 0 radical (unpaired) electrons. The van der Waals surface area contributed by atoms with E-state index in [2.05, 4.69) is 0 Å². The van der Waals surface area contributed by atoms with Gasteiger partial charge in [-0.1, -0.05) is 0 Å². The van der Waals surface area contributed by atoms with Crippen LogP contribution in [0, 0.1) is 0 Å². The summed E-state index contributed by atoms with van der Waals surface area (Å²) in [5, 5.41) is 7.57. The van der Waals surface area contributed by atoms with Crippen LogP contribution in [0.15, 0.2) is 0 Å². The van der Waals surface area contributed by atoms with E-state index in [4.69, 9.17) is 23.6 Å². The summed E-state index contributed by atoms with van der Waals surface area (Å²) < 4.78 is 15.8. The Balaban J connectivity index is -0.0000000750. The number of hydrogen-bond acceptors (Lipinski definition) is 4. The Hall–Kier alpha value is 0.354. The zero-order valence-corrected chi connectivity index (χ0v) is 7.64. The molecule has 0 aliphatic rings. The molecule has 0 aliphatic heterocycles. The van der Waals surface area contributed by atoms with Crippen LogP contribution in [0.2, 0.25) is 0 Å². The van der Waals surface area contributed by atoms with E-state index in [0.717, 1.165) is 0 Å². The molecule has 0 aromatic rings. The van der Waals surface area contributed by atoms with Gasteiger partial charge in [-0.15, -0.1) is 0 Å². The van der Waals surface area contributed by atoms with Crippen molar-refractivity contribution < 1.29 is 31.6 Å². The molecular weight excluding hydrogens is 172 g/mol. The minimum absolute atomic E-state index is 0.250. The third kappa shape index (κ3) is 246. The van der Waals surface area contributed by atoms with Crippen molar-refractivity contribution >= 4 is 0 Å². The van der Waals surface area contributed by atoms with Crippen molar-refractivity contribution in [1.82, 2.24) is 0 Å². The van der Waals surface area contributed by atoms with Gasteiger partial charge in [-0.05, 0) is 6.92 Å². The van der Waals surface area contributed by atoms with Gasteiger partial charge < -0.3 is 16.6 Å². The molecule has 5 nitrogen and oxygen atoms in total. The molecule has 0 aliphatic carbocycles. The summed E-state index contributed by atoms with van der Waals surface area (Å²) in [6, 6.07) is 0. The Bertz CT molecular complexity index is 45.5. The van der Waals surface area contributed by atoms with Gasteiger partial charge in [-0.25, -0.2) is 0 Å². The van der Waals surface area contributed by atoms with E-state index < -0.39 is 19.5 Å². The molecular formula is C4H15N2O3Ti. The van der Waals surface area contributed by atoms with Crippen LogP contribution in [0.25, 0.3) is 0 Å². The van der Waals surface area contributed by atoms with Gasteiger partial charge in [0.05, 0.1) is 0 Å². The molecule has 0 rings (SSSR count). The molecule has 6 heteroatoms. The summed E-state index contributed by atoms with van der Waals surface area (Å²) in [6.07, 6.45) is 0. The number of hydrogen-bond donors (Lipinski definition) is 4. The Morgan fingerprint density at radius 3 is 1.50 bits per heavy atom. The molecule has 0 bridgehead atoms. The molecule has 6 N–H and O–H groups in total. The fraction of sp³-hybridized carbons (Fsp3) is 1.00. The van der Waals surface area contributed by atoms with Gasteiger partial charge in [0.2, 0.25) is 0 Å². The molecule has 0 fully saturated rings. The molecule has 0 aromatic carbocycles. The van der Waals surface area contributed by atoms with Crippen molar-refractivity contribution in [3.05, 3.63) is 0 Å². The van der Waals surface area contributed by atoms with Crippen molar-refractivity contribution in [3.63, 3.8) is 0 Å². The Morgan fingerprint density at radius 1 is 1.40 bits per heavy atom. The second kappa shape index (κ2) is 34.4. The molecule has 0 spiro atoms. The van der Waals surface area contributed by atoms with E-state index in [1.54, 1.807) is 6.92 Å². The molecule has 10 heavy (non-hydrogen) atoms. The standard InChI is InChI=1S/C2H8N2.C2H6O.H2O.O.Ti/c3-1-2-4;1-2-3;;;/h1-4H2;3H,2H2,1H3;1H2;;/q;;;;+1/p-1. The quantitative estimate of drug-likeness (QED) is 0.363. The van der Waals surface area contributed by atoms with Gasteiger partial charge in [0.25, 0.3) is 0 Å². The third-order valence-electron chi connectivity index (χ3n) is 0.167. The van der Waals surface area contributed by atoms with Crippen LogP contribution in [0.5, 0.6) is 0 Å². The maximum absolute atomic E-state index is 8.61. The van der Waals surface area contributed by atoms with E-state index in [9.17, 15) is 0 Å². The van der Waals surface area contributed by atoms with Gasteiger partial charge in [0, 0.05) is 19.7 Å². The summed E-state index contributed by atoms with van der Waals surface area (Å²) in [5.41, 5.74) is 9.81. The van der Waals surface area contributed by atoms with Crippen molar-refractivity contribution in [2.45, 2.75) is 6.92 Å². The van der Waals surface area contributed by atoms with Crippen LogP contribution in [0.4, 0.5) is 0 Å². The summed E-state index contributed by atoms with van der Waals surface area (Å²) in [7, 11) is 0. The van der Waals surface area contributed by atoms with Crippen molar-refractivity contribution in [2.24, 2.45) is 11.5 Å². The van der Waals surface area contributed by atoms with Crippen LogP contribution in [0.1, 0.15) is 6.92 Å². The summed E-state index contributed by atoms with van der Waals surface area (Å²) in [4.78, 5) is 0. The first-order chi connectivity index (χ1) is 4.74. The zero-order chi connectivity index (χ0) is 8.83. The van der Waals surface area contributed by atoms with Crippen LogP contribution in [-0.2, 0) is 22.8 Å². The summed E-state index contributed by atoms with van der Waals surface area (Å²) in [6.45, 7) is 3.12. The van der Waals surface area contributed by atoms with Gasteiger partial charge in [0.15, 0.2) is 0 Å². The van der Waals surface area contributed by atoms with E-state index >= 15 is 0 Å². The molecule has 0 heterocycles. The monoisotopic (exact) mass is 187 g/mol. The first-order valence-corrected chi connectivity index (χ1v) is 4.10. The Morgan fingerprint density at radius 2 is 1.50 bits per heavy atom. The van der Waals surface area contributed by atoms with Crippen LogP contribution in [-0.4, -0.2) is 28.5 Å². The fourth-order valence-corrected chi connectivity index (χ4v) is 0. The summed E-state index contributed by atoms with van der Waals surface area (Å²) in [5.74, 6) is 0. The Labute approximate surface area is 70.1 Å². The van der Waals surface area contributed by atoms with E-state index in [1.165, 1.54) is 0 Å². The van der Waals surface area contributed by atoms with E-state index in [1.807, 2.05) is 0 Å². The van der Waals surface area contributed by atoms with Crippen LogP contribution in [0.3, 0.4) is 0 Å². The van der Waals surface area contributed by atoms with Crippen LogP contribution < -0.4 is 11.5 Å². The van der Waals surface area contributed by atoms with Crippen molar-refractivity contribution in [2.75, 3.05) is 19.7 Å². The van der Waals surface area contributed by atoms with Gasteiger partial charge in [0.1, 0.15) is 0 Å². The Kier molecular flexibility index (Phi) is 57.7. The predicted octanol–water partition coefficient (Wildman–Crippen LogP) is -1.78. The normalized spacial score (nSPS) is 5.70. The van der Waals surface area contributed by atoms with Crippen molar-refractivity contribution in [1.29, 1.82) is 0 Å². The second-order valence-corrected chi connectivity index (χ2v) is 1.27. The van der Waals surface area contributed by atoms with E-state index in [-0.39, 0.29) is 6.61 Å². The average molecular weight is 187 g/mol. The first kappa shape index (κ1) is 16.8. The minimum atomic E-state index is -1.75. The van der Waals surface area contributed by atoms with Crippen molar-refractivity contribution in [3.8, 4) is 0 Å². The zero-order valence-electron chi connectivity index (χ0n) is 6.08. The van der Waals surface area contributed by atoms with Crippen LogP contribution >= 0.6 is 0 Å². The number of aliphatic hydroxyl groups excluding tert-OH is 1. The molecule has 0 aromatic heterocycles. The average Bonchev–Trinajstić information content (AvgIpc) is 1.91. The summed E-state index contributed by atoms with van der Waals surface area (Å²) >= 11 is -1.75. The molecule has 0 saturated carbocycles. The molecule has 0 atom stereocenters. The molecule has 0 unspecified atom stereocenters. The molecule has 0 amide bonds. The third-order valence-corrected chi connectivity index (χ3v) is 0.167. The molecule has 63 valence electrons. The topological polar surface area (TPSA) is 110 Å². The maximum atomic E-state index is 8.61. The second-order valence-electron chi connectivity index (χ2n) is 0.985. The SMILES string of the molecule is CCO.NCCN.[O]=[Ti][OH]. The number of rotatable bonds is 1. The number of nitrogens with two attached hydrogens (primary N) is 2. The predicted molar refractivity (Wildman–Crippen MR) is 33.8 cm³/mol. The van der Waals surface area contributed by atoms with Gasteiger partial charge in [-0.2, -0.15) is 0 Å². The van der Waals surface area contributed by atoms with E-state index in [0.29, 0.717) is 13.1 Å². The van der Waals surface area contributed by atoms with Gasteiger partial charge >= 0.3 is 26.5 Å². The van der Waals surface area contributed by atoms with Gasteiger partial charge in [-0.3, -0.25) is 0 Å². The first-order valence-electron chi connectivity index (χ1n) is 2.77.